The Morgan fingerprint density at radius 2 is 0.644 bits per heavy atom. The molecule has 0 aliphatic carbocycles. The number of alkyl halides is 12. The molecule has 2 heterocycles. The summed E-state index contributed by atoms with van der Waals surface area (Å²) in [5.41, 5.74) is -29.7. The van der Waals surface area contributed by atoms with Crippen LogP contribution in [0.25, 0.3) is 0 Å². The molecule has 0 fully saturated rings. The van der Waals surface area contributed by atoms with Crippen LogP contribution in [0.15, 0.2) is 0 Å². The molecule has 2 unspecified atom stereocenters. The zero-order valence-corrected chi connectivity index (χ0v) is 19.8. The molecule has 2 atom stereocenters. The summed E-state index contributed by atoms with van der Waals surface area (Å²) in [7, 11) is 0. The third kappa shape index (κ3) is 4.92. The van der Waals surface area contributed by atoms with Gasteiger partial charge in [-0.05, 0) is 0 Å². The van der Waals surface area contributed by atoms with Crippen molar-refractivity contribution < 1.29 is 109 Å². The molecular weight excluding hydrogens is 694 g/mol. The number of hydrogen-bond donors (Lipinski definition) is 4. The number of aliphatic carboxylic acids is 2. The third-order valence-corrected chi connectivity index (χ3v) is 5.52. The number of hydrogen-bond acceptors (Lipinski definition) is 6. The lowest BCUT2D eigenvalue weighted by Crippen LogP contribution is -2.70. The molecule has 0 radical (unpaired) electrons. The highest BCUT2D eigenvalue weighted by atomic mass is 19.4. The minimum atomic E-state index is -8.58. The van der Waals surface area contributed by atoms with E-state index in [-0.39, 0.29) is 0 Å². The Morgan fingerprint density at radius 3 is 0.844 bits per heavy atom. The molecule has 0 aliphatic rings. The van der Waals surface area contributed by atoms with Crippen LogP contribution in [0.4, 0.5) is 79.0 Å². The fourth-order valence-electron chi connectivity index (χ4n) is 3.28. The average Bonchev–Trinajstić information content (AvgIpc) is 2.87. The van der Waals surface area contributed by atoms with Gasteiger partial charge in [-0.3, -0.25) is 0 Å². The van der Waals surface area contributed by atoms with Gasteiger partial charge in [0.1, 0.15) is 11.4 Å². The van der Waals surface area contributed by atoms with E-state index in [4.69, 9.17) is 20.4 Å². The summed E-state index contributed by atoms with van der Waals surface area (Å²) in [4.78, 5) is 25.4. The summed E-state index contributed by atoms with van der Waals surface area (Å²) in [6.45, 7) is 0. The maximum Gasteiger partial charge on any atom is 0.400 e. The second kappa shape index (κ2) is 10.5. The summed E-state index contributed by atoms with van der Waals surface area (Å²) in [6.07, 6.45) is -12.2. The lowest BCUT2D eigenvalue weighted by Gasteiger charge is -2.41. The molecule has 0 aliphatic heterocycles. The summed E-state index contributed by atoms with van der Waals surface area (Å²) >= 11 is 0. The molecule has 2 aromatic heterocycles. The van der Waals surface area contributed by atoms with E-state index in [1.54, 1.807) is 0 Å². The van der Waals surface area contributed by atoms with Crippen LogP contribution >= 0.6 is 0 Å². The van der Waals surface area contributed by atoms with Crippen molar-refractivity contribution >= 4 is 11.9 Å². The topological polar surface area (TPSA) is 141 Å². The molecule has 26 heteroatoms. The highest BCUT2D eigenvalue weighted by Crippen LogP contribution is 2.61. The summed E-state index contributed by atoms with van der Waals surface area (Å²) in [6, 6.07) is 0. The highest BCUT2D eigenvalue weighted by molar-refractivity contribution is 5.82. The van der Waals surface area contributed by atoms with E-state index >= 15 is 8.78 Å². The van der Waals surface area contributed by atoms with Gasteiger partial charge in [0.15, 0.2) is 46.3 Å². The Bertz CT molecular complexity index is 1460. The van der Waals surface area contributed by atoms with Gasteiger partial charge in [0, 0.05) is 0 Å². The van der Waals surface area contributed by atoms with Gasteiger partial charge in [0.25, 0.3) is 0 Å². The highest BCUT2D eigenvalue weighted by Gasteiger charge is 2.89. The van der Waals surface area contributed by atoms with Crippen LogP contribution in [0.1, 0.15) is 22.8 Å². The molecule has 0 amide bonds. The molecule has 0 bridgehead atoms. The molecule has 0 saturated heterocycles. The summed E-state index contributed by atoms with van der Waals surface area (Å²) in [5, 5.41) is 34.4. The number of aromatic nitrogens is 2. The first kappa shape index (κ1) is 37.1. The first-order valence-corrected chi connectivity index (χ1v) is 10.1. The number of pyridine rings is 2. The molecule has 8 nitrogen and oxygen atoms in total. The summed E-state index contributed by atoms with van der Waals surface area (Å²) in [5.74, 6) is -56.6. The van der Waals surface area contributed by atoms with Crippen molar-refractivity contribution in [3.63, 3.8) is 0 Å². The van der Waals surface area contributed by atoms with Gasteiger partial charge in [-0.25, -0.2) is 54.7 Å². The second-order valence-corrected chi connectivity index (χ2v) is 8.23. The number of halogens is 18. The molecule has 0 saturated carbocycles. The van der Waals surface area contributed by atoms with Crippen LogP contribution in [-0.4, -0.2) is 60.1 Å². The van der Waals surface area contributed by atoms with Crippen molar-refractivity contribution in [3.8, 4) is 0 Å². The Hall–Kier alpha value is -4.10. The van der Waals surface area contributed by atoms with E-state index < -0.39 is 111 Å². The minimum Gasteiger partial charge on any atom is -0.478 e. The zero-order valence-electron chi connectivity index (χ0n) is 19.8. The molecule has 2 rings (SSSR count). The maximum atomic E-state index is 15.3. The lowest BCUT2D eigenvalue weighted by atomic mass is 9.79. The van der Waals surface area contributed by atoms with E-state index in [9.17, 15) is 79.8 Å². The molecule has 2 aromatic rings. The average molecular weight is 698 g/mol. The van der Waals surface area contributed by atoms with Crippen LogP contribution in [0.5, 0.6) is 0 Å². The van der Waals surface area contributed by atoms with E-state index in [0.717, 1.165) is 0 Å². The quantitative estimate of drug-likeness (QED) is 0.266. The molecule has 0 aromatic carbocycles. The largest absolute Gasteiger partial charge is 0.478 e. The van der Waals surface area contributed by atoms with Crippen LogP contribution in [0, 0.1) is 34.9 Å². The molecule has 4 N–H and O–H groups in total. The first-order chi connectivity index (χ1) is 19.8. The fraction of sp³-hybridized carbons (Fsp3) is 0.368. The van der Waals surface area contributed by atoms with Crippen molar-refractivity contribution in [2.75, 3.05) is 0 Å². The number of carbonyl (C=O) groups is 2. The molecule has 252 valence electrons. The second-order valence-electron chi connectivity index (χ2n) is 8.23. The Morgan fingerprint density at radius 1 is 0.422 bits per heavy atom. The van der Waals surface area contributed by atoms with Crippen molar-refractivity contribution in [1.82, 2.24) is 9.97 Å². The van der Waals surface area contributed by atoms with Gasteiger partial charge in [-0.15, -0.1) is 0 Å². The Kier molecular flexibility index (Phi) is 8.64. The monoisotopic (exact) mass is 698 g/mol. The molecule has 0 spiro atoms. The van der Waals surface area contributed by atoms with Gasteiger partial charge in [0.2, 0.25) is 0 Å². The number of rotatable bonds is 10. The standard InChI is InChI=1S/C19H4F18N2O6/c20-1-3(22)7(38-9(5(1)24)15(28,29)44)13(26,11(40)41)17(32,33)19(36,37)18(34,35)14(27,12(42)43)8-4(23)2(21)6(25)10(39-8)16(30,31)45/h44-45H,(H,40,41)(H,42,43). The lowest BCUT2D eigenvalue weighted by molar-refractivity contribution is -0.369. The molecule has 45 heavy (non-hydrogen) atoms. The van der Waals surface area contributed by atoms with Gasteiger partial charge < -0.3 is 20.4 Å². The van der Waals surface area contributed by atoms with Crippen molar-refractivity contribution in [2.24, 2.45) is 0 Å². The minimum absolute atomic E-state index is 1.40. The first-order valence-electron chi connectivity index (χ1n) is 10.1. The smallest absolute Gasteiger partial charge is 0.400 e. The predicted octanol–water partition coefficient (Wildman–Crippen LogP) is 4.50. The van der Waals surface area contributed by atoms with Crippen LogP contribution in [-0.2, 0) is 33.1 Å². The zero-order chi connectivity index (χ0) is 35.8. The van der Waals surface area contributed by atoms with Crippen LogP contribution in [0.2, 0.25) is 0 Å². The Labute approximate surface area is 231 Å². The van der Waals surface area contributed by atoms with Gasteiger partial charge in [0.05, 0.1) is 0 Å². The van der Waals surface area contributed by atoms with Gasteiger partial charge in [-0.2, -0.15) is 43.9 Å². The maximum absolute atomic E-state index is 15.3. The fourth-order valence-corrected chi connectivity index (χ4v) is 3.28. The van der Waals surface area contributed by atoms with Crippen LogP contribution in [0.3, 0.4) is 0 Å². The van der Waals surface area contributed by atoms with Crippen LogP contribution < -0.4 is 0 Å². The molecular formula is C19H4F18N2O6. The number of nitrogens with zero attached hydrogens (tertiary/aromatic N) is 2. The predicted molar refractivity (Wildman–Crippen MR) is 96.1 cm³/mol. The van der Waals surface area contributed by atoms with Gasteiger partial charge >= 0.3 is 53.3 Å². The van der Waals surface area contributed by atoms with E-state index in [1.807, 2.05) is 0 Å². The van der Waals surface area contributed by atoms with E-state index in [2.05, 4.69) is 0 Å². The number of carboxylic acid groups (broad SMARTS) is 2. The summed E-state index contributed by atoms with van der Waals surface area (Å²) < 4.78 is 255. The van der Waals surface area contributed by atoms with Crippen molar-refractivity contribution in [2.45, 2.75) is 41.3 Å². The SMILES string of the molecule is O=C(O)C(F)(c1nc(C(O)(F)F)c(F)c(F)c1F)C(F)(F)C(F)(F)C(F)(F)C(F)(C(=O)O)c1nc(C(O)(F)F)c(F)c(F)c1F. The normalized spacial score (nSPS) is 16.3. The number of carboxylic acids is 2. The van der Waals surface area contributed by atoms with E-state index in [1.165, 1.54) is 9.97 Å². The Balaban J connectivity index is 3.12. The van der Waals surface area contributed by atoms with Crippen molar-refractivity contribution in [1.29, 1.82) is 0 Å². The number of aliphatic hydroxyl groups is 2. The van der Waals surface area contributed by atoms with Crippen molar-refractivity contribution in [3.05, 3.63) is 57.7 Å². The third-order valence-electron chi connectivity index (χ3n) is 5.52. The van der Waals surface area contributed by atoms with E-state index in [0.29, 0.717) is 0 Å². The van der Waals surface area contributed by atoms with Gasteiger partial charge in [-0.1, -0.05) is 0 Å².